The molecule has 2 aliphatic heterocycles. The summed E-state index contributed by atoms with van der Waals surface area (Å²) in [4.78, 5) is 9.07. The third kappa shape index (κ3) is 3.30. The topological polar surface area (TPSA) is 52.4 Å². The molecule has 0 aliphatic carbocycles. The first-order chi connectivity index (χ1) is 14.6. The van der Waals surface area contributed by atoms with Crippen molar-refractivity contribution in [3.05, 3.63) is 71.2 Å². The summed E-state index contributed by atoms with van der Waals surface area (Å²) < 4.78 is 20.3. The van der Waals surface area contributed by atoms with Crippen LogP contribution in [0.2, 0.25) is 0 Å². The van der Waals surface area contributed by atoms with Gasteiger partial charge in [0.25, 0.3) is 0 Å². The molecule has 0 saturated carbocycles. The fourth-order valence-electron chi connectivity index (χ4n) is 4.80. The number of nitrogens with zero attached hydrogens (tertiary/aromatic N) is 4. The molecule has 0 radical (unpaired) electrons. The Balaban J connectivity index is 1.51. The van der Waals surface area contributed by atoms with Gasteiger partial charge in [-0.3, -0.25) is 9.88 Å². The van der Waals surface area contributed by atoms with Crippen LogP contribution in [0.4, 0.5) is 10.1 Å². The van der Waals surface area contributed by atoms with Gasteiger partial charge in [0.05, 0.1) is 35.5 Å². The molecule has 2 saturated heterocycles. The predicted molar refractivity (Wildman–Crippen MR) is 114 cm³/mol. The third-order valence-corrected chi connectivity index (χ3v) is 6.18. The molecule has 2 atom stereocenters. The van der Waals surface area contributed by atoms with Gasteiger partial charge in [-0.25, -0.2) is 4.39 Å². The number of ether oxygens (including phenoxy) is 1. The molecular formula is C24H23FN4O. The molecule has 0 bridgehead atoms. The number of nitriles is 1. The summed E-state index contributed by atoms with van der Waals surface area (Å²) in [5, 5.41) is 10.4. The van der Waals surface area contributed by atoms with Gasteiger partial charge in [0, 0.05) is 37.8 Å². The normalized spacial score (nSPS) is 21.6. The second-order valence-electron chi connectivity index (χ2n) is 8.09. The number of fused-ring (bicyclic) bond motifs is 2. The molecule has 0 N–H and O–H groups in total. The lowest BCUT2D eigenvalue weighted by Crippen LogP contribution is -2.50. The van der Waals surface area contributed by atoms with Gasteiger partial charge < -0.3 is 9.64 Å². The predicted octanol–water partition coefficient (Wildman–Crippen LogP) is 3.64. The van der Waals surface area contributed by atoms with Crippen molar-refractivity contribution in [3.8, 4) is 6.07 Å². The van der Waals surface area contributed by atoms with E-state index in [0.29, 0.717) is 24.1 Å². The smallest absolute Gasteiger partial charge is 0.124 e. The Kier molecular flexibility index (Phi) is 4.86. The van der Waals surface area contributed by atoms with Crippen molar-refractivity contribution in [1.29, 1.82) is 5.26 Å². The quantitative estimate of drug-likeness (QED) is 0.670. The lowest BCUT2D eigenvalue weighted by Gasteiger charge is -2.36. The number of benzene rings is 2. The average Bonchev–Trinajstić information content (AvgIpc) is 3.18. The molecule has 152 valence electrons. The van der Waals surface area contributed by atoms with Crippen LogP contribution in [0, 0.1) is 24.1 Å². The SMILES string of the molecule is Cc1cc(F)cc2c(N3CC4OCCN(Cc5ccccc5)C4C3)c(C#N)cnc12. The highest BCUT2D eigenvalue weighted by molar-refractivity contribution is 5.96. The molecule has 0 amide bonds. The minimum atomic E-state index is -0.309. The number of pyridine rings is 1. The number of hydrogen-bond acceptors (Lipinski definition) is 5. The number of aryl methyl sites for hydroxylation is 1. The zero-order valence-electron chi connectivity index (χ0n) is 16.9. The van der Waals surface area contributed by atoms with Crippen molar-refractivity contribution in [2.75, 3.05) is 31.1 Å². The summed E-state index contributed by atoms with van der Waals surface area (Å²) in [6.45, 7) is 5.70. The fourth-order valence-corrected chi connectivity index (χ4v) is 4.80. The van der Waals surface area contributed by atoms with E-state index in [2.05, 4.69) is 45.1 Å². The first-order valence-electron chi connectivity index (χ1n) is 10.3. The lowest BCUT2D eigenvalue weighted by molar-refractivity contribution is -0.0499. The largest absolute Gasteiger partial charge is 0.373 e. The van der Waals surface area contributed by atoms with Crippen LogP contribution in [-0.2, 0) is 11.3 Å². The summed E-state index contributed by atoms with van der Waals surface area (Å²) >= 11 is 0. The Morgan fingerprint density at radius 1 is 1.23 bits per heavy atom. The van der Waals surface area contributed by atoms with E-state index >= 15 is 0 Å². The molecule has 6 heteroatoms. The van der Waals surface area contributed by atoms with E-state index in [0.717, 1.165) is 36.4 Å². The summed E-state index contributed by atoms with van der Waals surface area (Å²) in [7, 11) is 0. The summed E-state index contributed by atoms with van der Waals surface area (Å²) in [6.07, 6.45) is 1.67. The Hall–Kier alpha value is -3.01. The highest BCUT2D eigenvalue weighted by Crippen LogP contribution is 2.36. The number of halogens is 1. The van der Waals surface area contributed by atoms with Crippen molar-refractivity contribution < 1.29 is 9.13 Å². The standard InChI is InChI=1S/C24H23FN4O/c1-16-9-19(25)10-20-23(16)27-12-18(11-26)24(20)29-14-21-22(15-29)30-8-7-28(21)13-17-5-3-2-4-6-17/h2-6,9-10,12,21-22H,7-8,13-15H2,1H3. The van der Waals surface area contributed by atoms with Crippen LogP contribution in [0.15, 0.2) is 48.7 Å². The second kappa shape index (κ2) is 7.67. The minimum absolute atomic E-state index is 0.0619. The van der Waals surface area contributed by atoms with Crippen molar-refractivity contribution in [1.82, 2.24) is 9.88 Å². The number of morpholine rings is 1. The van der Waals surface area contributed by atoms with Gasteiger partial charge in [0.2, 0.25) is 0 Å². The van der Waals surface area contributed by atoms with Crippen LogP contribution >= 0.6 is 0 Å². The third-order valence-electron chi connectivity index (χ3n) is 6.18. The molecule has 3 aromatic rings. The van der Waals surface area contributed by atoms with Crippen molar-refractivity contribution >= 4 is 16.6 Å². The molecule has 30 heavy (non-hydrogen) atoms. The molecule has 2 aliphatic rings. The van der Waals surface area contributed by atoms with E-state index in [9.17, 15) is 9.65 Å². The number of aromatic nitrogens is 1. The van der Waals surface area contributed by atoms with Gasteiger partial charge in [0.15, 0.2) is 0 Å². The molecular weight excluding hydrogens is 379 g/mol. The van der Waals surface area contributed by atoms with Crippen molar-refractivity contribution in [2.45, 2.75) is 25.6 Å². The summed E-state index contributed by atoms with van der Waals surface area (Å²) in [6, 6.07) is 15.9. The Morgan fingerprint density at radius 3 is 2.87 bits per heavy atom. The molecule has 2 unspecified atom stereocenters. The molecule has 5 rings (SSSR count). The first kappa shape index (κ1) is 19.0. The van der Waals surface area contributed by atoms with Crippen molar-refractivity contribution in [3.63, 3.8) is 0 Å². The Bertz CT molecular complexity index is 1130. The maximum atomic E-state index is 14.2. The Labute approximate surface area is 175 Å². The maximum absolute atomic E-state index is 14.2. The zero-order chi connectivity index (χ0) is 20.7. The van der Waals surface area contributed by atoms with Crippen molar-refractivity contribution in [2.24, 2.45) is 0 Å². The molecule has 3 heterocycles. The van der Waals surface area contributed by atoms with Crippen LogP contribution in [0.5, 0.6) is 0 Å². The average molecular weight is 402 g/mol. The Morgan fingerprint density at radius 2 is 2.07 bits per heavy atom. The fraction of sp³-hybridized carbons (Fsp3) is 0.333. The van der Waals surface area contributed by atoms with E-state index in [-0.39, 0.29) is 18.0 Å². The molecule has 2 fully saturated rings. The zero-order valence-corrected chi connectivity index (χ0v) is 16.9. The molecule has 0 spiro atoms. The van der Waals surface area contributed by atoms with Gasteiger partial charge in [-0.15, -0.1) is 0 Å². The van der Waals surface area contributed by atoms with Crippen LogP contribution in [0.1, 0.15) is 16.7 Å². The van der Waals surface area contributed by atoms with E-state index < -0.39 is 0 Å². The maximum Gasteiger partial charge on any atom is 0.124 e. The molecule has 1 aromatic heterocycles. The van der Waals surface area contributed by atoms with Crippen LogP contribution in [0.25, 0.3) is 10.9 Å². The number of hydrogen-bond donors (Lipinski definition) is 0. The first-order valence-corrected chi connectivity index (χ1v) is 10.3. The number of anilines is 1. The van der Waals surface area contributed by atoms with Gasteiger partial charge in [-0.2, -0.15) is 5.26 Å². The monoisotopic (exact) mass is 402 g/mol. The number of rotatable bonds is 3. The summed E-state index contributed by atoms with van der Waals surface area (Å²) in [5.74, 6) is -0.309. The second-order valence-corrected chi connectivity index (χ2v) is 8.09. The van der Waals surface area contributed by atoms with Gasteiger partial charge >= 0.3 is 0 Å². The highest BCUT2D eigenvalue weighted by Gasteiger charge is 2.41. The molecule has 2 aromatic carbocycles. The van der Waals surface area contributed by atoms with Gasteiger partial charge in [0.1, 0.15) is 11.9 Å². The highest BCUT2D eigenvalue weighted by atomic mass is 19.1. The van der Waals surface area contributed by atoms with Crippen LogP contribution in [0.3, 0.4) is 0 Å². The van der Waals surface area contributed by atoms with E-state index in [1.54, 1.807) is 6.20 Å². The van der Waals surface area contributed by atoms with Gasteiger partial charge in [-0.1, -0.05) is 30.3 Å². The van der Waals surface area contributed by atoms with E-state index in [1.807, 2.05) is 13.0 Å². The minimum Gasteiger partial charge on any atom is -0.373 e. The van der Waals surface area contributed by atoms with E-state index in [1.165, 1.54) is 17.7 Å². The van der Waals surface area contributed by atoms with Gasteiger partial charge in [-0.05, 0) is 30.2 Å². The van der Waals surface area contributed by atoms with Crippen LogP contribution in [-0.4, -0.2) is 48.3 Å². The summed E-state index contributed by atoms with van der Waals surface area (Å²) in [5.41, 5.74) is 4.03. The van der Waals surface area contributed by atoms with E-state index in [4.69, 9.17) is 4.74 Å². The molecule has 5 nitrogen and oxygen atoms in total. The van der Waals surface area contributed by atoms with Crippen LogP contribution < -0.4 is 4.90 Å². The lowest BCUT2D eigenvalue weighted by atomic mass is 10.1.